The minimum absolute atomic E-state index is 1.21. The Morgan fingerprint density at radius 1 is 0.520 bits per heavy atom. The fourth-order valence-electron chi connectivity index (χ4n) is 5.24. The third kappa shape index (κ3) is 5.19. The maximum Gasteiger partial charge on any atom is 0.200 e. The Labute approximate surface area is 162 Å². The summed E-state index contributed by atoms with van der Waals surface area (Å²) in [5.41, 5.74) is 0. The summed E-state index contributed by atoms with van der Waals surface area (Å²) in [4.78, 5) is 0. The molecule has 0 saturated heterocycles. The van der Waals surface area contributed by atoms with Crippen molar-refractivity contribution in [2.75, 3.05) is 32.7 Å². The van der Waals surface area contributed by atoms with Crippen LogP contribution in [0, 0.1) is 0 Å². The van der Waals surface area contributed by atoms with Crippen molar-refractivity contribution in [2.45, 2.75) is 99.3 Å². The minimum Gasteiger partial charge on any atom is -0.321 e. The molecule has 152 valence electrons. The van der Waals surface area contributed by atoms with Crippen molar-refractivity contribution in [3.63, 3.8) is 0 Å². The molecule has 0 radical (unpaired) electrons. The van der Waals surface area contributed by atoms with E-state index in [0.717, 1.165) is 0 Å². The molecule has 0 aromatic rings. The van der Waals surface area contributed by atoms with Gasteiger partial charge >= 0.3 is 0 Å². The summed E-state index contributed by atoms with van der Waals surface area (Å²) in [6.45, 7) is 28.0. The molecule has 0 aromatic heterocycles. The quantitative estimate of drug-likeness (QED) is 0.332. The van der Waals surface area contributed by atoms with Gasteiger partial charge in [-0.15, -0.1) is 0 Å². The second-order valence-electron chi connectivity index (χ2n) is 7.23. The predicted molar refractivity (Wildman–Crippen MR) is 121 cm³/mol. The van der Waals surface area contributed by atoms with Crippen molar-refractivity contribution in [3.05, 3.63) is 0 Å². The van der Waals surface area contributed by atoms with Gasteiger partial charge in [0.05, 0.1) is 0 Å². The lowest BCUT2D eigenvalue weighted by molar-refractivity contribution is 0.350. The highest BCUT2D eigenvalue weighted by atomic mass is 28.4. The molecular weight excluding hydrogens is 338 g/mol. The lowest BCUT2D eigenvalue weighted by Gasteiger charge is -2.58. The van der Waals surface area contributed by atoms with E-state index >= 15 is 0 Å². The SMILES string of the molecule is CCCCN([Si](CC)(CC)N(CC)CC)[Si](CC)(CC)N(CC)CC. The zero-order valence-corrected chi connectivity index (χ0v) is 21.1. The Bertz CT molecular complexity index is 295. The van der Waals surface area contributed by atoms with Crippen LogP contribution in [-0.4, -0.2) is 62.9 Å². The third-order valence-electron chi connectivity index (χ3n) is 6.71. The van der Waals surface area contributed by atoms with Gasteiger partial charge in [0, 0.05) is 0 Å². The third-order valence-corrected chi connectivity index (χ3v) is 19.8. The first-order valence-corrected chi connectivity index (χ1v) is 15.9. The van der Waals surface area contributed by atoms with E-state index in [4.69, 9.17) is 0 Å². The fraction of sp³-hybridized carbons (Fsp3) is 1.00. The summed E-state index contributed by atoms with van der Waals surface area (Å²) >= 11 is 0. The highest BCUT2D eigenvalue weighted by Crippen LogP contribution is 2.35. The van der Waals surface area contributed by atoms with Gasteiger partial charge in [0.15, 0.2) is 0 Å². The highest BCUT2D eigenvalue weighted by Gasteiger charge is 2.52. The summed E-state index contributed by atoms with van der Waals surface area (Å²) in [5.74, 6) is 0. The number of nitrogens with zero attached hydrogens (tertiary/aromatic N) is 3. The lowest BCUT2D eigenvalue weighted by Crippen LogP contribution is -2.78. The van der Waals surface area contributed by atoms with Crippen LogP contribution in [0.5, 0.6) is 0 Å². The number of unbranched alkanes of at least 4 members (excludes halogenated alkanes) is 1. The number of hydrogen-bond donors (Lipinski definition) is 0. The van der Waals surface area contributed by atoms with Crippen LogP contribution in [0.1, 0.15) is 75.2 Å². The number of rotatable bonds is 15. The molecule has 0 unspecified atom stereocenters. The van der Waals surface area contributed by atoms with Gasteiger partial charge < -0.3 is 13.4 Å². The van der Waals surface area contributed by atoms with Crippen LogP contribution in [0.2, 0.25) is 24.2 Å². The van der Waals surface area contributed by atoms with Crippen molar-refractivity contribution in [2.24, 2.45) is 0 Å². The molecule has 5 heteroatoms. The average molecular weight is 388 g/mol. The molecule has 0 amide bonds. The summed E-state index contributed by atoms with van der Waals surface area (Å²) in [6, 6.07) is 5.46. The van der Waals surface area contributed by atoms with Gasteiger partial charge in [0.2, 0.25) is 16.8 Å². The van der Waals surface area contributed by atoms with Crippen LogP contribution < -0.4 is 0 Å². The van der Waals surface area contributed by atoms with E-state index in [2.05, 4.69) is 75.7 Å². The Hall–Kier alpha value is 0.314. The van der Waals surface area contributed by atoms with E-state index in [0.29, 0.717) is 0 Å². The summed E-state index contributed by atoms with van der Waals surface area (Å²) in [6.07, 6.45) is 2.66. The van der Waals surface area contributed by atoms with Crippen molar-refractivity contribution < 1.29 is 0 Å². The van der Waals surface area contributed by atoms with Crippen LogP contribution >= 0.6 is 0 Å². The molecule has 0 bridgehead atoms. The van der Waals surface area contributed by atoms with E-state index in [1.165, 1.54) is 69.7 Å². The predicted octanol–water partition coefficient (Wildman–Crippen LogP) is 5.74. The Balaban J connectivity index is 6.37. The van der Waals surface area contributed by atoms with Gasteiger partial charge in [-0.3, -0.25) is 0 Å². The van der Waals surface area contributed by atoms with Gasteiger partial charge in [-0.05, 0) is 63.3 Å². The minimum atomic E-state index is -1.63. The first-order valence-electron chi connectivity index (χ1n) is 11.3. The fourth-order valence-corrected chi connectivity index (χ4v) is 19.6. The second kappa shape index (κ2) is 12.7. The monoisotopic (exact) mass is 387 g/mol. The van der Waals surface area contributed by atoms with Crippen LogP contribution in [-0.2, 0) is 0 Å². The van der Waals surface area contributed by atoms with E-state index in [1.54, 1.807) is 0 Å². The molecule has 0 aliphatic carbocycles. The van der Waals surface area contributed by atoms with Crippen molar-refractivity contribution in [1.82, 2.24) is 13.4 Å². The van der Waals surface area contributed by atoms with Gasteiger partial charge in [-0.1, -0.05) is 68.7 Å². The maximum atomic E-state index is 3.21. The summed E-state index contributed by atoms with van der Waals surface area (Å²) < 4.78 is 9.02. The van der Waals surface area contributed by atoms with Crippen LogP contribution in [0.15, 0.2) is 0 Å². The maximum absolute atomic E-state index is 3.21. The Morgan fingerprint density at radius 2 is 0.840 bits per heavy atom. The van der Waals surface area contributed by atoms with Gasteiger partial charge in [-0.2, -0.15) is 0 Å². The normalized spacial score (nSPS) is 13.4. The molecule has 0 spiro atoms. The molecule has 3 nitrogen and oxygen atoms in total. The average Bonchev–Trinajstić information content (AvgIpc) is 2.66. The van der Waals surface area contributed by atoms with Crippen LogP contribution in [0.25, 0.3) is 0 Å². The van der Waals surface area contributed by atoms with Crippen molar-refractivity contribution in [3.8, 4) is 0 Å². The molecule has 0 aliphatic rings. The van der Waals surface area contributed by atoms with Crippen molar-refractivity contribution >= 4 is 16.8 Å². The van der Waals surface area contributed by atoms with Crippen molar-refractivity contribution in [1.29, 1.82) is 0 Å². The van der Waals surface area contributed by atoms with E-state index in [9.17, 15) is 0 Å². The molecule has 0 heterocycles. The standard InChI is InChI=1S/C20H49N3Si2/c1-10-19-20-23(24(15-6,16-7)21(11-2)12-3)25(17-8,18-9)22(13-4)14-5/h10-20H2,1-9H3. The first-order chi connectivity index (χ1) is 12.0. The van der Waals surface area contributed by atoms with Crippen LogP contribution in [0.4, 0.5) is 0 Å². The summed E-state index contributed by atoms with van der Waals surface area (Å²) in [7, 11) is -3.25. The second-order valence-corrected chi connectivity index (χ2v) is 16.8. The Morgan fingerprint density at radius 3 is 1.04 bits per heavy atom. The summed E-state index contributed by atoms with van der Waals surface area (Å²) in [5, 5.41) is 0. The van der Waals surface area contributed by atoms with Crippen LogP contribution in [0.3, 0.4) is 0 Å². The zero-order chi connectivity index (χ0) is 19.5. The first kappa shape index (κ1) is 25.3. The molecule has 0 N–H and O–H groups in total. The van der Waals surface area contributed by atoms with E-state index < -0.39 is 16.8 Å². The molecule has 0 rings (SSSR count). The van der Waals surface area contributed by atoms with Gasteiger partial charge in [0.25, 0.3) is 0 Å². The molecule has 25 heavy (non-hydrogen) atoms. The molecular formula is C20H49N3Si2. The van der Waals surface area contributed by atoms with E-state index in [1.807, 2.05) is 0 Å². The smallest absolute Gasteiger partial charge is 0.200 e. The molecule has 0 aromatic carbocycles. The lowest BCUT2D eigenvalue weighted by atomic mass is 10.3. The Kier molecular flexibility index (Phi) is 12.8. The molecule has 0 fully saturated rings. The topological polar surface area (TPSA) is 9.72 Å². The molecule has 0 aliphatic heterocycles. The highest BCUT2D eigenvalue weighted by molar-refractivity contribution is 6.90. The zero-order valence-electron chi connectivity index (χ0n) is 19.1. The van der Waals surface area contributed by atoms with Gasteiger partial charge in [-0.25, -0.2) is 0 Å². The van der Waals surface area contributed by atoms with E-state index in [-0.39, 0.29) is 0 Å². The molecule has 0 atom stereocenters. The molecule has 0 saturated carbocycles. The van der Waals surface area contributed by atoms with Gasteiger partial charge in [0.1, 0.15) is 0 Å². The number of hydrogen-bond acceptors (Lipinski definition) is 3. The largest absolute Gasteiger partial charge is 0.321 e.